The van der Waals surface area contributed by atoms with Gasteiger partial charge in [0.05, 0.1) is 16.3 Å². The van der Waals surface area contributed by atoms with Crippen LogP contribution in [0.15, 0.2) is 57.8 Å². The van der Waals surface area contributed by atoms with E-state index in [1.807, 2.05) is 6.07 Å². The number of halogens is 2. The summed E-state index contributed by atoms with van der Waals surface area (Å²) in [5.41, 5.74) is 1.75. The van der Waals surface area contributed by atoms with Crippen molar-refractivity contribution in [3.8, 4) is 11.3 Å². The van der Waals surface area contributed by atoms with Gasteiger partial charge < -0.3 is 19.8 Å². The molecule has 1 aromatic heterocycles. The molecule has 2 unspecified atom stereocenters. The van der Waals surface area contributed by atoms with Crippen LogP contribution in [0.3, 0.4) is 0 Å². The number of rotatable bonds is 5. The van der Waals surface area contributed by atoms with E-state index >= 15 is 0 Å². The van der Waals surface area contributed by atoms with E-state index in [0.717, 1.165) is 49.4 Å². The fourth-order valence-electron chi connectivity index (χ4n) is 5.25. The highest BCUT2D eigenvalue weighted by atomic mass is 35.5. The summed E-state index contributed by atoms with van der Waals surface area (Å²) in [6, 6.07) is 8.95. The van der Waals surface area contributed by atoms with Crippen molar-refractivity contribution in [2.24, 2.45) is 4.99 Å². The molecular formula is C28H32ClFN6O2. The number of allylic oxidation sites excluding steroid dienone is 2. The summed E-state index contributed by atoms with van der Waals surface area (Å²) in [5.74, 6) is 0.861. The highest BCUT2D eigenvalue weighted by Crippen LogP contribution is 2.31. The first-order valence-corrected chi connectivity index (χ1v) is 13.5. The van der Waals surface area contributed by atoms with Crippen molar-refractivity contribution in [3.05, 3.63) is 58.7 Å². The highest BCUT2D eigenvalue weighted by Gasteiger charge is 2.28. The lowest BCUT2D eigenvalue weighted by Crippen LogP contribution is -2.36. The normalized spacial score (nSPS) is 22.4. The molecule has 3 aliphatic rings. The number of hydrogen-bond donors (Lipinski definition) is 1. The van der Waals surface area contributed by atoms with Gasteiger partial charge in [0.15, 0.2) is 0 Å². The molecule has 1 N–H and O–H groups in total. The fraction of sp³-hybridized carbons (Fsp3) is 0.429. The predicted octanol–water partition coefficient (Wildman–Crippen LogP) is 5.07. The molecule has 0 radical (unpaired) electrons. The van der Waals surface area contributed by atoms with Crippen LogP contribution in [0.25, 0.3) is 11.3 Å². The van der Waals surface area contributed by atoms with Crippen molar-refractivity contribution in [1.82, 2.24) is 14.9 Å². The van der Waals surface area contributed by atoms with Crippen LogP contribution in [0.4, 0.5) is 16.2 Å². The highest BCUT2D eigenvalue weighted by molar-refractivity contribution is 6.30. The molecule has 0 spiro atoms. The molecule has 38 heavy (non-hydrogen) atoms. The van der Waals surface area contributed by atoms with E-state index in [4.69, 9.17) is 21.6 Å². The van der Waals surface area contributed by atoms with Crippen molar-refractivity contribution in [3.63, 3.8) is 0 Å². The summed E-state index contributed by atoms with van der Waals surface area (Å²) >= 11 is 6.56. The molecule has 10 heteroatoms. The molecular weight excluding hydrogens is 507 g/mol. The fourth-order valence-corrected chi connectivity index (χ4v) is 5.49. The molecule has 0 amide bonds. The standard InChI is InChI=1S/C28H32ClFN6O2/c1-18-4-3-12-36(18)28-32-24(20-5-8-22(30)9-6-20)16-25(33-28)35-15-14-34(13-11-19(35)2)26-23(29)10-7-21(17-31-26)27(37)38/h5-9,16-19H,3-4,10-15H2,1-2H3,(H,37,38). The van der Waals surface area contributed by atoms with Crippen LogP contribution in [0.1, 0.15) is 39.5 Å². The van der Waals surface area contributed by atoms with E-state index in [-0.39, 0.29) is 17.4 Å². The van der Waals surface area contributed by atoms with Gasteiger partial charge in [0.25, 0.3) is 0 Å². The molecule has 3 aliphatic heterocycles. The van der Waals surface area contributed by atoms with Crippen LogP contribution in [0.2, 0.25) is 0 Å². The second-order valence-electron chi connectivity index (χ2n) is 10.1. The number of benzene rings is 1. The zero-order chi connectivity index (χ0) is 26.8. The Morgan fingerprint density at radius 1 is 1.03 bits per heavy atom. The van der Waals surface area contributed by atoms with Crippen LogP contribution in [0.5, 0.6) is 0 Å². The molecule has 2 atom stereocenters. The van der Waals surface area contributed by atoms with Crippen molar-refractivity contribution in [1.29, 1.82) is 0 Å². The Morgan fingerprint density at radius 3 is 2.50 bits per heavy atom. The third-order valence-electron chi connectivity index (χ3n) is 7.52. The van der Waals surface area contributed by atoms with E-state index in [2.05, 4.69) is 33.5 Å². The average molecular weight is 539 g/mol. The number of aromatic nitrogens is 2. The zero-order valence-corrected chi connectivity index (χ0v) is 22.4. The van der Waals surface area contributed by atoms with Crippen molar-refractivity contribution in [2.75, 3.05) is 36.0 Å². The van der Waals surface area contributed by atoms with Crippen molar-refractivity contribution in [2.45, 2.75) is 51.6 Å². The van der Waals surface area contributed by atoms with Gasteiger partial charge >= 0.3 is 5.97 Å². The summed E-state index contributed by atoms with van der Waals surface area (Å²) in [4.78, 5) is 32.4. The lowest BCUT2D eigenvalue weighted by molar-refractivity contribution is -0.132. The molecule has 0 aliphatic carbocycles. The lowest BCUT2D eigenvalue weighted by Gasteiger charge is -2.30. The minimum atomic E-state index is -1.01. The summed E-state index contributed by atoms with van der Waals surface area (Å²) in [5, 5.41) is 9.88. The summed E-state index contributed by atoms with van der Waals surface area (Å²) in [7, 11) is 0. The Hall–Kier alpha value is -3.46. The molecule has 200 valence electrons. The summed E-state index contributed by atoms with van der Waals surface area (Å²) in [6.07, 6.45) is 6.34. The number of nitrogens with zero attached hydrogens (tertiary/aromatic N) is 6. The van der Waals surface area contributed by atoms with Crippen LogP contribution < -0.4 is 9.80 Å². The van der Waals surface area contributed by atoms with Gasteiger partial charge in [-0.05, 0) is 57.4 Å². The molecule has 8 nitrogen and oxygen atoms in total. The Morgan fingerprint density at radius 2 is 1.79 bits per heavy atom. The van der Waals surface area contributed by atoms with Gasteiger partial charge in [-0.15, -0.1) is 0 Å². The van der Waals surface area contributed by atoms with Gasteiger partial charge in [-0.1, -0.05) is 17.7 Å². The van der Waals surface area contributed by atoms with E-state index in [1.54, 1.807) is 18.2 Å². The number of hydrogen-bond acceptors (Lipinski definition) is 7. The molecule has 0 bridgehead atoms. The van der Waals surface area contributed by atoms with Gasteiger partial charge in [-0.25, -0.2) is 19.2 Å². The van der Waals surface area contributed by atoms with Crippen LogP contribution >= 0.6 is 11.6 Å². The topological polar surface area (TPSA) is 85.2 Å². The minimum Gasteiger partial charge on any atom is -0.478 e. The number of carboxylic acids is 1. The first kappa shape index (κ1) is 26.2. The van der Waals surface area contributed by atoms with E-state index in [1.165, 1.54) is 18.3 Å². The maximum Gasteiger partial charge on any atom is 0.336 e. The number of carboxylic acid groups (broad SMARTS) is 1. The third kappa shape index (κ3) is 5.53. The Bertz CT molecular complexity index is 1290. The smallest absolute Gasteiger partial charge is 0.336 e. The van der Waals surface area contributed by atoms with E-state index < -0.39 is 5.97 Å². The molecule has 2 fully saturated rings. The number of anilines is 2. The van der Waals surface area contributed by atoms with E-state index in [0.29, 0.717) is 42.4 Å². The third-order valence-corrected chi connectivity index (χ3v) is 7.84. The monoisotopic (exact) mass is 538 g/mol. The van der Waals surface area contributed by atoms with Crippen molar-refractivity contribution < 1.29 is 14.3 Å². The van der Waals surface area contributed by atoms with E-state index in [9.17, 15) is 14.3 Å². The van der Waals surface area contributed by atoms with Gasteiger partial charge in [-0.3, -0.25) is 0 Å². The Balaban J connectivity index is 1.44. The predicted molar refractivity (Wildman–Crippen MR) is 148 cm³/mol. The maximum absolute atomic E-state index is 13.6. The maximum atomic E-state index is 13.6. The van der Waals surface area contributed by atoms with Crippen LogP contribution in [-0.4, -0.2) is 70.4 Å². The SMILES string of the molecule is CC1CCN(C2=C(Cl)CC=C(C(=O)O)C=N2)CCN1c1cc(-c2ccc(F)cc2)nc(N2CCCC2C)n1. The second kappa shape index (κ2) is 11.1. The number of aliphatic imine (C=N–C) groups is 1. The van der Waals surface area contributed by atoms with Gasteiger partial charge in [0.1, 0.15) is 17.5 Å². The first-order chi connectivity index (χ1) is 18.3. The average Bonchev–Trinajstić information content (AvgIpc) is 3.11. The van der Waals surface area contributed by atoms with Gasteiger partial charge in [0, 0.05) is 62.5 Å². The number of carbonyl (C=O) groups is 1. The largest absolute Gasteiger partial charge is 0.478 e. The molecule has 1 aromatic carbocycles. The van der Waals surface area contributed by atoms with Crippen LogP contribution in [-0.2, 0) is 4.79 Å². The molecule has 2 aromatic rings. The molecule has 5 rings (SSSR count). The quantitative estimate of drug-likeness (QED) is 0.569. The summed E-state index contributed by atoms with van der Waals surface area (Å²) < 4.78 is 13.6. The Kier molecular flexibility index (Phi) is 7.65. The zero-order valence-electron chi connectivity index (χ0n) is 21.6. The van der Waals surface area contributed by atoms with Gasteiger partial charge in [0.2, 0.25) is 5.95 Å². The van der Waals surface area contributed by atoms with Gasteiger partial charge in [-0.2, -0.15) is 4.98 Å². The molecule has 2 saturated heterocycles. The minimum absolute atomic E-state index is 0.140. The van der Waals surface area contributed by atoms with Crippen molar-refractivity contribution >= 4 is 35.6 Å². The van der Waals surface area contributed by atoms with Crippen LogP contribution in [0, 0.1) is 5.82 Å². The second-order valence-corrected chi connectivity index (χ2v) is 10.5. The number of aliphatic carboxylic acids is 1. The first-order valence-electron chi connectivity index (χ1n) is 13.1. The molecule has 0 saturated carbocycles. The lowest BCUT2D eigenvalue weighted by atomic mass is 10.1. The summed E-state index contributed by atoms with van der Waals surface area (Å²) in [6.45, 7) is 7.35. The molecule has 4 heterocycles. The Labute approximate surface area is 227 Å².